The van der Waals surface area contributed by atoms with Gasteiger partial charge in [-0.2, -0.15) is 0 Å². The molecule has 0 bridgehead atoms. The lowest BCUT2D eigenvalue weighted by Gasteiger charge is -2.10. The summed E-state index contributed by atoms with van der Waals surface area (Å²) in [7, 11) is 0. The highest BCUT2D eigenvalue weighted by molar-refractivity contribution is 6.06. The number of aromatic nitrogens is 1. The lowest BCUT2D eigenvalue weighted by molar-refractivity contribution is 0.0954. The zero-order chi connectivity index (χ0) is 13.8. The molecule has 0 saturated carbocycles. The SMILES string of the molecule is Cc1cc(C(=O)NCCC(C)N)c2ccccc2n1.Cl.Cl. The number of carbonyl (C=O) groups excluding carboxylic acids is 1. The fraction of sp³-hybridized carbons (Fsp3) is 0.333. The Bertz CT molecular complexity index is 602. The number of fused-ring (bicyclic) bond motifs is 1. The maximum Gasteiger partial charge on any atom is 0.252 e. The van der Waals surface area contributed by atoms with Crippen LogP contribution < -0.4 is 11.1 Å². The highest BCUT2D eigenvalue weighted by Gasteiger charge is 2.11. The maximum atomic E-state index is 12.2. The van der Waals surface area contributed by atoms with E-state index in [2.05, 4.69) is 10.3 Å². The van der Waals surface area contributed by atoms with Gasteiger partial charge in [0.05, 0.1) is 11.1 Å². The summed E-state index contributed by atoms with van der Waals surface area (Å²) in [5.74, 6) is -0.0673. The first kappa shape index (κ1) is 19.6. The van der Waals surface area contributed by atoms with Gasteiger partial charge in [0.25, 0.3) is 5.91 Å². The molecule has 1 atom stereocenters. The van der Waals surface area contributed by atoms with E-state index in [1.807, 2.05) is 44.2 Å². The summed E-state index contributed by atoms with van der Waals surface area (Å²) in [6.07, 6.45) is 0.772. The van der Waals surface area contributed by atoms with Gasteiger partial charge in [-0.15, -0.1) is 24.8 Å². The second-order valence-electron chi connectivity index (χ2n) is 4.85. The molecule has 0 saturated heterocycles. The van der Waals surface area contributed by atoms with Gasteiger partial charge >= 0.3 is 0 Å². The van der Waals surface area contributed by atoms with Crippen LogP contribution in [0.1, 0.15) is 29.4 Å². The highest BCUT2D eigenvalue weighted by Crippen LogP contribution is 2.17. The number of aryl methyl sites for hydroxylation is 1. The first-order valence-corrected chi connectivity index (χ1v) is 6.48. The zero-order valence-corrected chi connectivity index (χ0v) is 13.8. The fourth-order valence-corrected chi connectivity index (χ4v) is 2.00. The monoisotopic (exact) mass is 329 g/mol. The van der Waals surface area contributed by atoms with Crippen LogP contribution in [-0.4, -0.2) is 23.5 Å². The molecule has 4 nitrogen and oxygen atoms in total. The molecule has 0 spiro atoms. The van der Waals surface area contributed by atoms with Gasteiger partial charge in [-0.05, 0) is 32.4 Å². The molecular formula is C15H21Cl2N3O. The molecule has 1 unspecified atom stereocenters. The third-order valence-electron chi connectivity index (χ3n) is 2.97. The molecule has 0 radical (unpaired) electrons. The molecule has 116 valence electrons. The van der Waals surface area contributed by atoms with Crippen LogP contribution in [0.25, 0.3) is 10.9 Å². The Balaban J connectivity index is 0.00000200. The molecule has 0 fully saturated rings. The van der Waals surface area contributed by atoms with Crippen molar-refractivity contribution in [3.8, 4) is 0 Å². The third kappa shape index (κ3) is 5.16. The summed E-state index contributed by atoms with van der Waals surface area (Å²) in [4.78, 5) is 16.6. The minimum absolute atomic E-state index is 0. The Morgan fingerprint density at radius 1 is 1.33 bits per heavy atom. The summed E-state index contributed by atoms with van der Waals surface area (Å²) >= 11 is 0. The number of para-hydroxylation sites is 1. The summed E-state index contributed by atoms with van der Waals surface area (Å²) in [5.41, 5.74) is 8.04. The number of benzene rings is 1. The number of hydrogen-bond donors (Lipinski definition) is 2. The molecule has 1 amide bonds. The van der Waals surface area contributed by atoms with E-state index in [1.165, 1.54) is 0 Å². The van der Waals surface area contributed by atoms with E-state index in [9.17, 15) is 4.79 Å². The average Bonchev–Trinajstić information content (AvgIpc) is 2.37. The number of carbonyl (C=O) groups is 1. The van der Waals surface area contributed by atoms with E-state index in [0.29, 0.717) is 12.1 Å². The Labute approximate surface area is 137 Å². The molecule has 1 aromatic carbocycles. The van der Waals surface area contributed by atoms with Gasteiger partial charge < -0.3 is 11.1 Å². The molecule has 2 aromatic rings. The van der Waals surface area contributed by atoms with Crippen molar-refractivity contribution in [1.29, 1.82) is 0 Å². The lowest BCUT2D eigenvalue weighted by Crippen LogP contribution is -2.29. The van der Waals surface area contributed by atoms with E-state index >= 15 is 0 Å². The number of rotatable bonds is 4. The molecule has 1 heterocycles. The van der Waals surface area contributed by atoms with E-state index < -0.39 is 0 Å². The highest BCUT2D eigenvalue weighted by atomic mass is 35.5. The molecule has 21 heavy (non-hydrogen) atoms. The fourth-order valence-electron chi connectivity index (χ4n) is 2.00. The summed E-state index contributed by atoms with van der Waals surface area (Å²) < 4.78 is 0. The van der Waals surface area contributed by atoms with Crippen molar-refractivity contribution >= 4 is 41.6 Å². The molecule has 0 aliphatic carbocycles. The van der Waals surface area contributed by atoms with Crippen molar-refractivity contribution in [2.45, 2.75) is 26.3 Å². The summed E-state index contributed by atoms with van der Waals surface area (Å²) in [6, 6.07) is 9.59. The Morgan fingerprint density at radius 3 is 2.67 bits per heavy atom. The van der Waals surface area contributed by atoms with Crippen molar-refractivity contribution in [3.05, 3.63) is 41.6 Å². The standard InChI is InChI=1S/C15H19N3O.2ClH/c1-10(16)7-8-17-15(19)13-9-11(2)18-14-6-4-3-5-12(13)14;;/h3-6,9-10H,7-8,16H2,1-2H3,(H,17,19);2*1H. The molecule has 6 heteroatoms. The first-order chi connectivity index (χ1) is 9.08. The molecular weight excluding hydrogens is 309 g/mol. The number of pyridine rings is 1. The number of hydrogen-bond acceptors (Lipinski definition) is 3. The minimum Gasteiger partial charge on any atom is -0.352 e. The van der Waals surface area contributed by atoms with Gasteiger partial charge in [0.1, 0.15) is 0 Å². The predicted octanol–water partition coefficient (Wildman–Crippen LogP) is 2.85. The maximum absolute atomic E-state index is 12.2. The van der Waals surface area contributed by atoms with Crippen LogP contribution in [0.5, 0.6) is 0 Å². The second-order valence-corrected chi connectivity index (χ2v) is 4.85. The van der Waals surface area contributed by atoms with Gasteiger partial charge in [0, 0.05) is 23.7 Å². The lowest BCUT2D eigenvalue weighted by atomic mass is 10.1. The van der Waals surface area contributed by atoms with Gasteiger partial charge in [-0.25, -0.2) is 0 Å². The van der Waals surface area contributed by atoms with Gasteiger partial charge in [0.15, 0.2) is 0 Å². The van der Waals surface area contributed by atoms with E-state index in [1.54, 1.807) is 0 Å². The van der Waals surface area contributed by atoms with Gasteiger partial charge in [-0.3, -0.25) is 9.78 Å². The molecule has 2 rings (SSSR count). The van der Waals surface area contributed by atoms with Crippen molar-refractivity contribution in [1.82, 2.24) is 10.3 Å². The van der Waals surface area contributed by atoms with Crippen LogP contribution in [0.15, 0.2) is 30.3 Å². The average molecular weight is 330 g/mol. The Kier molecular flexibility index (Phi) is 8.25. The van der Waals surface area contributed by atoms with Crippen LogP contribution >= 0.6 is 24.8 Å². The largest absolute Gasteiger partial charge is 0.352 e. The van der Waals surface area contributed by atoms with Gasteiger partial charge in [-0.1, -0.05) is 18.2 Å². The smallest absolute Gasteiger partial charge is 0.252 e. The van der Waals surface area contributed by atoms with E-state index in [0.717, 1.165) is 23.0 Å². The Morgan fingerprint density at radius 2 is 2.00 bits per heavy atom. The molecule has 1 aromatic heterocycles. The number of nitrogens with two attached hydrogens (primary N) is 1. The van der Waals surface area contributed by atoms with Crippen molar-refractivity contribution in [2.24, 2.45) is 5.73 Å². The minimum atomic E-state index is -0.0673. The van der Waals surface area contributed by atoms with Gasteiger partial charge in [0.2, 0.25) is 0 Å². The van der Waals surface area contributed by atoms with Crippen molar-refractivity contribution in [3.63, 3.8) is 0 Å². The third-order valence-corrected chi connectivity index (χ3v) is 2.97. The number of halogens is 2. The van der Waals surface area contributed by atoms with Crippen molar-refractivity contribution in [2.75, 3.05) is 6.54 Å². The molecule has 3 N–H and O–H groups in total. The summed E-state index contributed by atoms with van der Waals surface area (Å²) in [5, 5.41) is 3.78. The molecule has 0 aliphatic rings. The predicted molar refractivity (Wildman–Crippen MR) is 91.6 cm³/mol. The van der Waals surface area contributed by atoms with Crippen LogP contribution in [0.2, 0.25) is 0 Å². The zero-order valence-electron chi connectivity index (χ0n) is 12.1. The molecule has 0 aliphatic heterocycles. The number of amides is 1. The topological polar surface area (TPSA) is 68.0 Å². The van der Waals surface area contributed by atoms with Crippen LogP contribution in [0.3, 0.4) is 0 Å². The van der Waals surface area contributed by atoms with Crippen LogP contribution in [0.4, 0.5) is 0 Å². The number of nitrogens with one attached hydrogen (secondary N) is 1. The quantitative estimate of drug-likeness (QED) is 0.906. The van der Waals surface area contributed by atoms with Crippen LogP contribution in [-0.2, 0) is 0 Å². The summed E-state index contributed by atoms with van der Waals surface area (Å²) in [6.45, 7) is 4.41. The van der Waals surface area contributed by atoms with Crippen LogP contribution in [0, 0.1) is 6.92 Å². The normalized spacial score (nSPS) is 11.2. The van der Waals surface area contributed by atoms with E-state index in [4.69, 9.17) is 5.73 Å². The first-order valence-electron chi connectivity index (χ1n) is 6.48. The number of nitrogens with zero attached hydrogens (tertiary/aromatic N) is 1. The Hall–Kier alpha value is -1.36. The van der Waals surface area contributed by atoms with Crippen molar-refractivity contribution < 1.29 is 4.79 Å². The second kappa shape index (κ2) is 8.82. The van der Waals surface area contributed by atoms with E-state index in [-0.39, 0.29) is 36.8 Å².